The molecular formula is C10H20N2O3. The van der Waals surface area contributed by atoms with Crippen LogP contribution >= 0.6 is 0 Å². The molecule has 0 aromatic heterocycles. The third kappa shape index (κ3) is 5.37. The van der Waals surface area contributed by atoms with Crippen LogP contribution in [0.2, 0.25) is 0 Å². The molecule has 1 amide bonds. The second-order valence-electron chi connectivity index (χ2n) is 4.08. The number of ether oxygens (including phenoxy) is 1. The molecule has 0 bridgehead atoms. The molecule has 0 fully saturated rings. The highest BCUT2D eigenvalue weighted by molar-refractivity contribution is 6.32. The van der Waals surface area contributed by atoms with E-state index in [0.717, 1.165) is 0 Å². The summed E-state index contributed by atoms with van der Waals surface area (Å²) in [5.41, 5.74) is 0. The first kappa shape index (κ1) is 13.9. The van der Waals surface area contributed by atoms with Gasteiger partial charge in [0.15, 0.2) is 0 Å². The smallest absolute Gasteiger partial charge is 0.396 e. The van der Waals surface area contributed by atoms with Crippen molar-refractivity contribution in [2.24, 2.45) is 5.92 Å². The van der Waals surface area contributed by atoms with Crippen LogP contribution in [0.1, 0.15) is 13.8 Å². The molecule has 1 unspecified atom stereocenters. The molecule has 0 rings (SSSR count). The Bertz CT molecular complexity index is 227. The Morgan fingerprint density at radius 3 is 2.20 bits per heavy atom. The Balaban J connectivity index is 4.28. The van der Waals surface area contributed by atoms with E-state index in [1.165, 1.54) is 7.11 Å². The fraction of sp³-hybridized carbons (Fsp3) is 0.800. The van der Waals surface area contributed by atoms with Gasteiger partial charge in [-0.2, -0.15) is 0 Å². The molecule has 0 aliphatic carbocycles. The SMILES string of the molecule is COC(=O)C(=O)NC(CN(C)C)C(C)C. The molecule has 0 heterocycles. The van der Waals surface area contributed by atoms with Crippen LogP contribution in [0.15, 0.2) is 0 Å². The van der Waals surface area contributed by atoms with Crippen molar-refractivity contribution in [1.29, 1.82) is 0 Å². The average molecular weight is 216 g/mol. The van der Waals surface area contributed by atoms with Gasteiger partial charge in [0.1, 0.15) is 0 Å². The molecule has 15 heavy (non-hydrogen) atoms. The van der Waals surface area contributed by atoms with Gasteiger partial charge in [-0.3, -0.25) is 4.79 Å². The van der Waals surface area contributed by atoms with E-state index >= 15 is 0 Å². The first-order valence-electron chi connectivity index (χ1n) is 4.92. The normalized spacial score (nSPS) is 12.7. The summed E-state index contributed by atoms with van der Waals surface area (Å²) in [6.45, 7) is 4.68. The van der Waals surface area contributed by atoms with E-state index < -0.39 is 11.9 Å². The summed E-state index contributed by atoms with van der Waals surface area (Å²) < 4.78 is 4.33. The highest BCUT2D eigenvalue weighted by Crippen LogP contribution is 2.02. The number of esters is 1. The zero-order valence-corrected chi connectivity index (χ0v) is 10.0. The monoisotopic (exact) mass is 216 g/mol. The lowest BCUT2D eigenvalue weighted by atomic mass is 10.0. The van der Waals surface area contributed by atoms with Gasteiger partial charge in [-0.05, 0) is 20.0 Å². The molecule has 0 saturated heterocycles. The molecule has 1 atom stereocenters. The number of carbonyl (C=O) groups is 2. The van der Waals surface area contributed by atoms with Crippen LogP contribution in [0.5, 0.6) is 0 Å². The second-order valence-corrected chi connectivity index (χ2v) is 4.08. The quantitative estimate of drug-likeness (QED) is 0.525. The van der Waals surface area contributed by atoms with E-state index in [-0.39, 0.29) is 12.0 Å². The largest absolute Gasteiger partial charge is 0.462 e. The maximum Gasteiger partial charge on any atom is 0.396 e. The Labute approximate surface area is 90.8 Å². The number of hydrogen-bond acceptors (Lipinski definition) is 4. The Hall–Kier alpha value is -1.10. The van der Waals surface area contributed by atoms with Crippen molar-refractivity contribution in [3.05, 3.63) is 0 Å². The van der Waals surface area contributed by atoms with Crippen molar-refractivity contribution in [1.82, 2.24) is 10.2 Å². The second kappa shape index (κ2) is 6.40. The first-order chi connectivity index (χ1) is 6.88. The summed E-state index contributed by atoms with van der Waals surface area (Å²) in [4.78, 5) is 24.1. The van der Waals surface area contributed by atoms with Crippen molar-refractivity contribution in [3.8, 4) is 0 Å². The summed E-state index contributed by atoms with van der Waals surface area (Å²) in [5.74, 6) is -1.27. The number of amides is 1. The fourth-order valence-corrected chi connectivity index (χ4v) is 1.14. The van der Waals surface area contributed by atoms with Crippen LogP contribution in [0.3, 0.4) is 0 Å². The predicted octanol–water partition coefficient (Wildman–Crippen LogP) is -0.138. The van der Waals surface area contributed by atoms with Gasteiger partial charge >= 0.3 is 11.9 Å². The highest BCUT2D eigenvalue weighted by Gasteiger charge is 2.21. The van der Waals surface area contributed by atoms with E-state index in [1.807, 2.05) is 32.8 Å². The number of rotatable bonds is 4. The minimum atomic E-state index is -0.848. The van der Waals surface area contributed by atoms with Crippen LogP contribution in [0, 0.1) is 5.92 Å². The van der Waals surface area contributed by atoms with Crippen molar-refractivity contribution >= 4 is 11.9 Å². The molecule has 5 heteroatoms. The Morgan fingerprint density at radius 2 is 1.87 bits per heavy atom. The molecule has 0 aliphatic rings. The van der Waals surface area contributed by atoms with E-state index in [1.54, 1.807) is 0 Å². The molecule has 5 nitrogen and oxygen atoms in total. The molecule has 1 N–H and O–H groups in total. The average Bonchev–Trinajstić information content (AvgIpc) is 2.14. The molecule has 0 saturated carbocycles. The van der Waals surface area contributed by atoms with Gasteiger partial charge in [0, 0.05) is 12.6 Å². The fourth-order valence-electron chi connectivity index (χ4n) is 1.14. The molecule has 0 spiro atoms. The van der Waals surface area contributed by atoms with Crippen molar-refractivity contribution in [3.63, 3.8) is 0 Å². The summed E-state index contributed by atoms with van der Waals surface area (Å²) in [6.07, 6.45) is 0. The minimum absolute atomic E-state index is 0.0494. The lowest BCUT2D eigenvalue weighted by Gasteiger charge is -2.24. The zero-order valence-electron chi connectivity index (χ0n) is 10.0. The lowest BCUT2D eigenvalue weighted by Crippen LogP contribution is -2.47. The van der Waals surface area contributed by atoms with Gasteiger partial charge in [0.25, 0.3) is 0 Å². The van der Waals surface area contributed by atoms with Crippen molar-refractivity contribution in [2.45, 2.75) is 19.9 Å². The zero-order chi connectivity index (χ0) is 12.0. The lowest BCUT2D eigenvalue weighted by molar-refractivity contribution is -0.153. The van der Waals surface area contributed by atoms with Crippen molar-refractivity contribution in [2.75, 3.05) is 27.7 Å². The molecule has 0 aromatic rings. The number of nitrogens with one attached hydrogen (secondary N) is 1. The predicted molar refractivity (Wildman–Crippen MR) is 57.3 cm³/mol. The summed E-state index contributed by atoms with van der Waals surface area (Å²) in [7, 11) is 5.03. The third-order valence-corrected chi connectivity index (χ3v) is 2.05. The standard InChI is InChI=1S/C10H20N2O3/c1-7(2)8(6-12(3)4)11-9(13)10(14)15-5/h7-8H,6H2,1-5H3,(H,11,13). The van der Waals surface area contributed by atoms with Gasteiger partial charge in [-0.15, -0.1) is 0 Å². The maximum absolute atomic E-state index is 11.3. The highest BCUT2D eigenvalue weighted by atomic mass is 16.5. The number of carbonyl (C=O) groups excluding carboxylic acids is 2. The van der Waals surface area contributed by atoms with Crippen molar-refractivity contribution < 1.29 is 14.3 Å². The number of hydrogen-bond donors (Lipinski definition) is 1. The van der Waals surface area contributed by atoms with Crippen LogP contribution in [-0.4, -0.2) is 50.6 Å². The van der Waals surface area contributed by atoms with E-state index in [2.05, 4.69) is 10.1 Å². The van der Waals surface area contributed by atoms with Crippen LogP contribution in [0.25, 0.3) is 0 Å². The van der Waals surface area contributed by atoms with Gasteiger partial charge < -0.3 is 15.0 Å². The molecular weight excluding hydrogens is 196 g/mol. The summed E-state index contributed by atoms with van der Waals surface area (Å²) in [6, 6.07) is -0.0494. The first-order valence-corrected chi connectivity index (χ1v) is 4.92. The van der Waals surface area contributed by atoms with Crippen LogP contribution < -0.4 is 5.32 Å². The number of likely N-dealkylation sites (N-methyl/N-ethyl adjacent to an activating group) is 1. The number of methoxy groups -OCH3 is 1. The summed E-state index contributed by atoms with van der Waals surface area (Å²) >= 11 is 0. The minimum Gasteiger partial charge on any atom is -0.462 e. The molecule has 0 radical (unpaired) electrons. The van der Waals surface area contributed by atoms with E-state index in [9.17, 15) is 9.59 Å². The molecule has 88 valence electrons. The Kier molecular flexibility index (Phi) is 5.93. The van der Waals surface area contributed by atoms with Gasteiger partial charge in [-0.1, -0.05) is 13.8 Å². The van der Waals surface area contributed by atoms with E-state index in [4.69, 9.17) is 0 Å². The maximum atomic E-state index is 11.3. The van der Waals surface area contributed by atoms with E-state index in [0.29, 0.717) is 6.54 Å². The molecule has 0 aliphatic heterocycles. The van der Waals surface area contributed by atoms with Gasteiger partial charge in [0.05, 0.1) is 7.11 Å². The number of nitrogens with zero attached hydrogens (tertiary/aromatic N) is 1. The van der Waals surface area contributed by atoms with Gasteiger partial charge in [0.2, 0.25) is 0 Å². The summed E-state index contributed by atoms with van der Waals surface area (Å²) in [5, 5.41) is 2.64. The molecule has 0 aromatic carbocycles. The van der Waals surface area contributed by atoms with Gasteiger partial charge in [-0.25, -0.2) is 4.79 Å². The van der Waals surface area contributed by atoms with Crippen LogP contribution in [0.4, 0.5) is 0 Å². The topological polar surface area (TPSA) is 58.6 Å². The third-order valence-electron chi connectivity index (χ3n) is 2.05. The Morgan fingerprint density at radius 1 is 1.33 bits per heavy atom. The van der Waals surface area contributed by atoms with Crippen LogP contribution in [-0.2, 0) is 14.3 Å².